The summed E-state index contributed by atoms with van der Waals surface area (Å²) < 4.78 is 21.1. The normalized spacial score (nSPS) is 11.7. The summed E-state index contributed by atoms with van der Waals surface area (Å²) in [7, 11) is 6.17. The molecule has 0 bridgehead atoms. The molecule has 39 heavy (non-hydrogen) atoms. The average Bonchev–Trinajstić information content (AvgIpc) is 2.95. The van der Waals surface area contributed by atoms with Crippen molar-refractivity contribution in [1.82, 2.24) is 10.6 Å². The summed E-state index contributed by atoms with van der Waals surface area (Å²) in [6, 6.07) is 19.2. The summed E-state index contributed by atoms with van der Waals surface area (Å²) in [5, 5.41) is 5.47. The zero-order valence-corrected chi connectivity index (χ0v) is 22.5. The molecule has 206 valence electrons. The Hall–Kier alpha value is -4.73. The Labute approximate surface area is 228 Å². The fourth-order valence-electron chi connectivity index (χ4n) is 3.90. The number of nitrogens with two attached hydrogens (primary N) is 1. The standard InChI is InChI=1S/C29H34N4O6/c1-36-23-12-10-20(15-25(23)38-3)17-27(34)33-29(30)32-22(14-19-8-6-5-7-9-19)28(35)31-18-21-11-13-24(37-2)26(16-21)39-4/h5-13,15-16,22H,14,17-18H2,1-4H3,(H,31,35)(H3,30,32,33,34)/t22-/m1/s1. The number of hydrogen-bond donors (Lipinski definition) is 3. The molecule has 0 fully saturated rings. The minimum atomic E-state index is -0.867. The molecule has 0 saturated carbocycles. The van der Waals surface area contributed by atoms with Gasteiger partial charge in [-0.3, -0.25) is 14.9 Å². The highest BCUT2D eigenvalue weighted by Crippen LogP contribution is 2.28. The van der Waals surface area contributed by atoms with Gasteiger partial charge >= 0.3 is 0 Å². The van der Waals surface area contributed by atoms with Crippen molar-refractivity contribution in [1.29, 1.82) is 0 Å². The molecule has 0 aliphatic rings. The van der Waals surface area contributed by atoms with E-state index in [-0.39, 0.29) is 30.7 Å². The molecule has 0 spiro atoms. The molecule has 0 radical (unpaired) electrons. The van der Waals surface area contributed by atoms with Gasteiger partial charge in [0.15, 0.2) is 29.0 Å². The molecular formula is C29H34N4O6. The van der Waals surface area contributed by atoms with Gasteiger partial charge in [-0.1, -0.05) is 42.5 Å². The zero-order valence-electron chi connectivity index (χ0n) is 22.5. The predicted molar refractivity (Wildman–Crippen MR) is 148 cm³/mol. The average molecular weight is 535 g/mol. The lowest BCUT2D eigenvalue weighted by Crippen LogP contribution is -2.42. The highest BCUT2D eigenvalue weighted by atomic mass is 16.5. The number of hydrogen-bond acceptors (Lipinski definition) is 7. The third-order valence-corrected chi connectivity index (χ3v) is 5.86. The van der Waals surface area contributed by atoms with E-state index in [4.69, 9.17) is 24.7 Å². The number of methoxy groups -OCH3 is 4. The molecule has 10 nitrogen and oxygen atoms in total. The van der Waals surface area contributed by atoms with Crippen LogP contribution in [0.1, 0.15) is 16.7 Å². The van der Waals surface area contributed by atoms with E-state index in [1.165, 1.54) is 14.2 Å². The van der Waals surface area contributed by atoms with Crippen LogP contribution in [-0.4, -0.2) is 52.3 Å². The highest BCUT2D eigenvalue weighted by Gasteiger charge is 2.20. The van der Waals surface area contributed by atoms with Crippen molar-refractivity contribution in [2.75, 3.05) is 28.4 Å². The summed E-state index contributed by atoms with van der Waals surface area (Å²) in [6.45, 7) is 0.242. The van der Waals surface area contributed by atoms with Gasteiger partial charge in [-0.05, 0) is 41.0 Å². The number of nitrogens with one attached hydrogen (secondary N) is 2. The molecule has 3 aromatic rings. The molecule has 0 heterocycles. The molecule has 3 aromatic carbocycles. The van der Waals surface area contributed by atoms with Crippen LogP contribution >= 0.6 is 0 Å². The van der Waals surface area contributed by atoms with Crippen molar-refractivity contribution in [3.05, 3.63) is 83.4 Å². The first-order valence-corrected chi connectivity index (χ1v) is 12.2. The second-order valence-corrected chi connectivity index (χ2v) is 8.54. The molecule has 4 N–H and O–H groups in total. The number of ether oxygens (including phenoxy) is 4. The number of guanidine groups is 1. The second kappa shape index (κ2) is 14.3. The minimum Gasteiger partial charge on any atom is -0.493 e. The molecular weight excluding hydrogens is 500 g/mol. The summed E-state index contributed by atoms with van der Waals surface area (Å²) in [5.41, 5.74) is 8.48. The summed E-state index contributed by atoms with van der Waals surface area (Å²) in [4.78, 5) is 30.2. The largest absolute Gasteiger partial charge is 0.493 e. The number of amides is 2. The fourth-order valence-corrected chi connectivity index (χ4v) is 3.90. The third-order valence-electron chi connectivity index (χ3n) is 5.86. The molecule has 1 atom stereocenters. The molecule has 10 heteroatoms. The Balaban J connectivity index is 1.70. The van der Waals surface area contributed by atoms with Crippen LogP contribution in [0.5, 0.6) is 23.0 Å². The Morgan fingerprint density at radius 1 is 0.769 bits per heavy atom. The quantitative estimate of drug-likeness (QED) is 0.240. The zero-order chi connectivity index (χ0) is 28.2. The van der Waals surface area contributed by atoms with Gasteiger partial charge in [-0.2, -0.15) is 0 Å². The summed E-state index contributed by atoms with van der Waals surface area (Å²) in [6.07, 6.45) is 0.330. The SMILES string of the molecule is COc1ccc(CNC(=O)[C@@H](Cc2ccccc2)N=C(N)NC(=O)Cc2ccc(OC)c(OC)c2)cc1OC. The highest BCUT2D eigenvalue weighted by molar-refractivity contribution is 5.98. The first-order chi connectivity index (χ1) is 18.9. The second-order valence-electron chi connectivity index (χ2n) is 8.54. The number of carbonyl (C=O) groups is 2. The van der Waals surface area contributed by atoms with Gasteiger partial charge in [-0.25, -0.2) is 4.99 Å². The molecule has 0 aliphatic carbocycles. The van der Waals surface area contributed by atoms with E-state index >= 15 is 0 Å². The van der Waals surface area contributed by atoms with Crippen LogP contribution in [0.15, 0.2) is 71.7 Å². The Morgan fingerprint density at radius 2 is 1.33 bits per heavy atom. The summed E-state index contributed by atoms with van der Waals surface area (Å²) >= 11 is 0. The Kier molecular flexibility index (Phi) is 10.6. The molecule has 0 saturated heterocycles. The van der Waals surface area contributed by atoms with Gasteiger partial charge in [0.1, 0.15) is 6.04 Å². The Morgan fingerprint density at radius 3 is 1.92 bits per heavy atom. The molecule has 0 aromatic heterocycles. The maximum absolute atomic E-state index is 13.2. The first-order valence-electron chi connectivity index (χ1n) is 12.2. The van der Waals surface area contributed by atoms with Crippen LogP contribution in [0.4, 0.5) is 0 Å². The molecule has 2 amide bonds. The topological polar surface area (TPSA) is 134 Å². The molecule has 0 unspecified atom stereocenters. The van der Waals surface area contributed by atoms with Crippen molar-refractivity contribution >= 4 is 17.8 Å². The van der Waals surface area contributed by atoms with E-state index in [1.54, 1.807) is 44.6 Å². The Bertz CT molecular complexity index is 1300. The number of carbonyl (C=O) groups excluding carboxylic acids is 2. The van der Waals surface area contributed by atoms with Crippen LogP contribution in [-0.2, 0) is 29.0 Å². The van der Waals surface area contributed by atoms with Crippen LogP contribution in [0.25, 0.3) is 0 Å². The lowest BCUT2D eigenvalue weighted by molar-refractivity contribution is -0.122. The lowest BCUT2D eigenvalue weighted by Gasteiger charge is -2.16. The molecule has 3 rings (SSSR count). The maximum atomic E-state index is 13.2. The van der Waals surface area contributed by atoms with Gasteiger partial charge in [-0.15, -0.1) is 0 Å². The third kappa shape index (κ3) is 8.39. The van der Waals surface area contributed by atoms with Gasteiger partial charge < -0.3 is 30.0 Å². The first kappa shape index (κ1) is 28.8. The van der Waals surface area contributed by atoms with E-state index < -0.39 is 6.04 Å². The van der Waals surface area contributed by atoms with Crippen LogP contribution in [0.3, 0.4) is 0 Å². The molecule has 0 aliphatic heterocycles. The van der Waals surface area contributed by atoms with Crippen molar-refractivity contribution in [3.8, 4) is 23.0 Å². The van der Waals surface area contributed by atoms with Crippen molar-refractivity contribution in [2.45, 2.75) is 25.4 Å². The van der Waals surface area contributed by atoms with E-state index in [1.807, 2.05) is 36.4 Å². The predicted octanol–water partition coefficient (Wildman–Crippen LogP) is 2.62. The van der Waals surface area contributed by atoms with Crippen LogP contribution in [0.2, 0.25) is 0 Å². The van der Waals surface area contributed by atoms with Gasteiger partial charge in [0, 0.05) is 13.0 Å². The van der Waals surface area contributed by atoms with Gasteiger partial charge in [0.2, 0.25) is 11.8 Å². The number of rotatable bonds is 12. The lowest BCUT2D eigenvalue weighted by atomic mass is 10.1. The van der Waals surface area contributed by atoms with Gasteiger partial charge in [0.05, 0.1) is 34.9 Å². The monoisotopic (exact) mass is 534 g/mol. The van der Waals surface area contributed by atoms with Crippen LogP contribution in [0, 0.1) is 0 Å². The summed E-state index contributed by atoms with van der Waals surface area (Å²) in [5.74, 6) is 1.35. The van der Waals surface area contributed by atoms with Gasteiger partial charge in [0.25, 0.3) is 0 Å². The minimum absolute atomic E-state index is 0.0332. The van der Waals surface area contributed by atoms with Crippen molar-refractivity contribution < 1.29 is 28.5 Å². The maximum Gasteiger partial charge on any atom is 0.245 e. The van der Waals surface area contributed by atoms with Crippen molar-refractivity contribution in [3.63, 3.8) is 0 Å². The number of nitrogens with zero attached hydrogens (tertiary/aromatic N) is 1. The van der Waals surface area contributed by atoms with E-state index in [0.29, 0.717) is 35.0 Å². The fraction of sp³-hybridized carbons (Fsp3) is 0.276. The van der Waals surface area contributed by atoms with Crippen molar-refractivity contribution in [2.24, 2.45) is 10.7 Å². The smallest absolute Gasteiger partial charge is 0.245 e. The van der Waals surface area contributed by atoms with Crippen LogP contribution < -0.4 is 35.3 Å². The van der Waals surface area contributed by atoms with E-state index in [9.17, 15) is 9.59 Å². The van der Waals surface area contributed by atoms with E-state index in [0.717, 1.165) is 11.1 Å². The van der Waals surface area contributed by atoms with E-state index in [2.05, 4.69) is 15.6 Å². The number of aliphatic imine (C=N–C) groups is 1. The number of benzene rings is 3.